The van der Waals surface area contributed by atoms with Gasteiger partial charge in [-0.2, -0.15) is 0 Å². The van der Waals surface area contributed by atoms with Gasteiger partial charge in [-0.3, -0.25) is 4.79 Å². The third-order valence-corrected chi connectivity index (χ3v) is 1.73. The second-order valence-corrected chi connectivity index (χ2v) is 4.33. The van der Waals surface area contributed by atoms with Gasteiger partial charge in [0, 0.05) is 6.54 Å². The van der Waals surface area contributed by atoms with Gasteiger partial charge in [-0.05, 0) is 27.2 Å². The molecule has 88 valence electrons. The van der Waals surface area contributed by atoms with Crippen LogP contribution in [0, 0.1) is 5.92 Å². The van der Waals surface area contributed by atoms with E-state index in [0.717, 1.165) is 0 Å². The summed E-state index contributed by atoms with van der Waals surface area (Å²) >= 11 is 0. The summed E-state index contributed by atoms with van der Waals surface area (Å²) < 4.78 is 4.97. The minimum Gasteiger partial charge on any atom is -0.481 e. The highest BCUT2D eigenvalue weighted by molar-refractivity contribution is 5.72. The third kappa shape index (κ3) is 6.76. The Morgan fingerprint density at radius 3 is 2.27 bits per heavy atom. The maximum atomic E-state index is 11.2. The van der Waals surface area contributed by atoms with Crippen LogP contribution < -0.4 is 5.32 Å². The van der Waals surface area contributed by atoms with Gasteiger partial charge < -0.3 is 15.2 Å². The number of nitrogens with one attached hydrogen (secondary N) is 1. The van der Waals surface area contributed by atoms with E-state index in [-0.39, 0.29) is 6.54 Å². The monoisotopic (exact) mass is 217 g/mol. The minimum atomic E-state index is -0.909. The molecule has 0 bridgehead atoms. The van der Waals surface area contributed by atoms with Gasteiger partial charge in [0.2, 0.25) is 0 Å². The number of carbonyl (C=O) groups is 2. The lowest BCUT2D eigenvalue weighted by Crippen LogP contribution is -2.37. The highest BCUT2D eigenvalue weighted by Gasteiger charge is 2.19. The van der Waals surface area contributed by atoms with Crippen LogP contribution in [0.4, 0.5) is 4.79 Å². The molecule has 0 saturated heterocycles. The number of carboxylic acid groups (broad SMARTS) is 1. The van der Waals surface area contributed by atoms with Crippen molar-refractivity contribution in [2.45, 2.75) is 39.7 Å². The van der Waals surface area contributed by atoms with Crippen molar-refractivity contribution >= 4 is 12.1 Å². The number of ether oxygens (including phenoxy) is 1. The van der Waals surface area contributed by atoms with Crippen molar-refractivity contribution in [2.75, 3.05) is 6.54 Å². The SMILES string of the molecule is CCC(CNC(=O)OC(C)(C)C)C(=O)O. The Morgan fingerprint density at radius 2 is 1.93 bits per heavy atom. The van der Waals surface area contributed by atoms with E-state index in [1.54, 1.807) is 27.7 Å². The number of amides is 1. The van der Waals surface area contributed by atoms with Gasteiger partial charge in [-0.25, -0.2) is 4.79 Å². The van der Waals surface area contributed by atoms with Gasteiger partial charge in [0.05, 0.1) is 5.92 Å². The normalized spacial score (nSPS) is 13.1. The van der Waals surface area contributed by atoms with E-state index in [4.69, 9.17) is 9.84 Å². The zero-order chi connectivity index (χ0) is 12.1. The van der Waals surface area contributed by atoms with Crippen LogP contribution >= 0.6 is 0 Å². The van der Waals surface area contributed by atoms with Crippen molar-refractivity contribution in [3.8, 4) is 0 Å². The van der Waals surface area contributed by atoms with Crippen molar-refractivity contribution in [1.29, 1.82) is 0 Å². The van der Waals surface area contributed by atoms with Gasteiger partial charge >= 0.3 is 12.1 Å². The maximum Gasteiger partial charge on any atom is 0.407 e. The van der Waals surface area contributed by atoms with Crippen molar-refractivity contribution in [3.05, 3.63) is 0 Å². The molecule has 0 aliphatic heterocycles. The Balaban J connectivity index is 3.94. The number of rotatable bonds is 4. The average molecular weight is 217 g/mol. The smallest absolute Gasteiger partial charge is 0.407 e. The van der Waals surface area contributed by atoms with E-state index in [9.17, 15) is 9.59 Å². The van der Waals surface area contributed by atoms with Gasteiger partial charge in [0.1, 0.15) is 5.60 Å². The molecule has 5 nitrogen and oxygen atoms in total. The predicted octanol–water partition coefficient (Wildman–Crippen LogP) is 1.62. The summed E-state index contributed by atoms with van der Waals surface area (Å²) in [5.74, 6) is -1.47. The summed E-state index contributed by atoms with van der Waals surface area (Å²) in [6.45, 7) is 7.11. The lowest BCUT2D eigenvalue weighted by molar-refractivity contribution is -0.141. The zero-order valence-corrected chi connectivity index (χ0v) is 9.66. The maximum absolute atomic E-state index is 11.2. The molecule has 1 unspecified atom stereocenters. The molecule has 0 spiro atoms. The molecule has 0 heterocycles. The summed E-state index contributed by atoms with van der Waals surface area (Å²) in [4.78, 5) is 21.8. The molecule has 0 saturated carbocycles. The van der Waals surface area contributed by atoms with E-state index >= 15 is 0 Å². The van der Waals surface area contributed by atoms with Crippen LogP contribution in [0.25, 0.3) is 0 Å². The molecule has 15 heavy (non-hydrogen) atoms. The molecule has 1 atom stereocenters. The molecule has 0 aromatic rings. The fourth-order valence-electron chi connectivity index (χ4n) is 0.927. The molecule has 0 rings (SSSR count). The molecule has 0 fully saturated rings. The van der Waals surface area contributed by atoms with E-state index in [0.29, 0.717) is 6.42 Å². The second-order valence-electron chi connectivity index (χ2n) is 4.33. The molecule has 0 aromatic heterocycles. The number of hydrogen-bond donors (Lipinski definition) is 2. The topological polar surface area (TPSA) is 75.6 Å². The molecule has 1 amide bonds. The molecular weight excluding hydrogens is 198 g/mol. The minimum absolute atomic E-state index is 0.0980. The van der Waals surface area contributed by atoms with Crippen molar-refractivity contribution in [1.82, 2.24) is 5.32 Å². The van der Waals surface area contributed by atoms with E-state index in [1.165, 1.54) is 0 Å². The Morgan fingerprint density at radius 1 is 1.40 bits per heavy atom. The summed E-state index contributed by atoms with van der Waals surface area (Å²) in [7, 11) is 0. The Bertz CT molecular complexity index is 232. The molecule has 2 N–H and O–H groups in total. The van der Waals surface area contributed by atoms with Crippen molar-refractivity contribution in [2.24, 2.45) is 5.92 Å². The fourth-order valence-corrected chi connectivity index (χ4v) is 0.927. The van der Waals surface area contributed by atoms with Gasteiger partial charge in [-0.1, -0.05) is 6.92 Å². The average Bonchev–Trinajstić information content (AvgIpc) is 2.01. The highest BCUT2D eigenvalue weighted by atomic mass is 16.6. The summed E-state index contributed by atoms with van der Waals surface area (Å²) in [6.07, 6.45) is -0.104. The molecule has 0 aliphatic carbocycles. The number of aliphatic carboxylic acids is 1. The van der Waals surface area contributed by atoms with Crippen molar-refractivity contribution in [3.63, 3.8) is 0 Å². The largest absolute Gasteiger partial charge is 0.481 e. The van der Waals surface area contributed by atoms with Crippen LogP contribution in [0.5, 0.6) is 0 Å². The van der Waals surface area contributed by atoms with Crippen LogP contribution in [-0.4, -0.2) is 29.3 Å². The van der Waals surface area contributed by atoms with Gasteiger partial charge in [0.15, 0.2) is 0 Å². The van der Waals surface area contributed by atoms with Crippen LogP contribution in [0.3, 0.4) is 0 Å². The number of hydrogen-bond acceptors (Lipinski definition) is 3. The first-order chi connectivity index (χ1) is 6.76. The molecule has 0 radical (unpaired) electrons. The first-order valence-corrected chi connectivity index (χ1v) is 4.96. The standard InChI is InChI=1S/C10H19NO4/c1-5-7(8(12)13)6-11-9(14)15-10(2,3)4/h7H,5-6H2,1-4H3,(H,11,14)(H,12,13). The first kappa shape index (κ1) is 13.7. The summed E-state index contributed by atoms with van der Waals surface area (Å²) in [5.41, 5.74) is -0.560. The summed E-state index contributed by atoms with van der Waals surface area (Å²) in [6, 6.07) is 0. The predicted molar refractivity (Wildman–Crippen MR) is 55.7 cm³/mol. The zero-order valence-electron chi connectivity index (χ0n) is 9.66. The van der Waals surface area contributed by atoms with E-state index in [2.05, 4.69) is 5.32 Å². The number of carboxylic acids is 1. The number of alkyl carbamates (subject to hydrolysis) is 1. The lowest BCUT2D eigenvalue weighted by Gasteiger charge is -2.20. The lowest BCUT2D eigenvalue weighted by atomic mass is 10.1. The second kappa shape index (κ2) is 5.58. The molecule has 5 heteroatoms. The van der Waals surface area contributed by atoms with Gasteiger partial charge in [0.25, 0.3) is 0 Å². The quantitative estimate of drug-likeness (QED) is 0.750. The molecular formula is C10H19NO4. The van der Waals surface area contributed by atoms with Crippen LogP contribution in [0.1, 0.15) is 34.1 Å². The van der Waals surface area contributed by atoms with Crippen LogP contribution in [0.2, 0.25) is 0 Å². The van der Waals surface area contributed by atoms with Crippen LogP contribution in [0.15, 0.2) is 0 Å². The Labute approximate surface area is 89.8 Å². The Kier molecular flexibility index (Phi) is 5.11. The van der Waals surface area contributed by atoms with Gasteiger partial charge in [-0.15, -0.1) is 0 Å². The highest BCUT2D eigenvalue weighted by Crippen LogP contribution is 2.07. The molecule has 0 aromatic carbocycles. The third-order valence-electron chi connectivity index (χ3n) is 1.73. The summed E-state index contributed by atoms with van der Waals surface area (Å²) in [5, 5.41) is 11.2. The molecule has 0 aliphatic rings. The van der Waals surface area contributed by atoms with Crippen LogP contribution in [-0.2, 0) is 9.53 Å². The Hall–Kier alpha value is -1.26. The van der Waals surface area contributed by atoms with E-state index < -0.39 is 23.6 Å². The first-order valence-electron chi connectivity index (χ1n) is 4.96. The fraction of sp³-hybridized carbons (Fsp3) is 0.800. The van der Waals surface area contributed by atoms with E-state index in [1.807, 2.05) is 0 Å². The van der Waals surface area contributed by atoms with Crippen molar-refractivity contribution < 1.29 is 19.4 Å². The number of carbonyl (C=O) groups excluding carboxylic acids is 1.